The molecule has 0 rings (SSSR count). The van der Waals surface area contributed by atoms with Crippen molar-refractivity contribution in [1.29, 1.82) is 0 Å². The number of aliphatic carboxylic acids is 2. The molecule has 2 unspecified atom stereocenters. The van der Waals surface area contributed by atoms with Crippen LogP contribution in [0.1, 0.15) is 93.9 Å². The number of amides is 4. The second-order valence-corrected chi connectivity index (χ2v) is 11.2. The highest BCUT2D eigenvalue weighted by molar-refractivity contribution is 6.01. The molecule has 0 aromatic rings. The molecule has 0 saturated heterocycles. The van der Waals surface area contributed by atoms with Crippen molar-refractivity contribution in [2.75, 3.05) is 0 Å². The number of carbonyl (C=O) groups excluding carboxylic acids is 4. The number of alkyl carbamates (subject to hydrolysis) is 2. The van der Waals surface area contributed by atoms with Gasteiger partial charge in [-0.1, -0.05) is 26.7 Å². The van der Waals surface area contributed by atoms with Crippen LogP contribution in [0.25, 0.3) is 0 Å². The summed E-state index contributed by atoms with van der Waals surface area (Å²) in [5.41, 5.74) is -6.38. The molecular formula is C26H44N4O10. The van der Waals surface area contributed by atoms with Gasteiger partial charge in [0.2, 0.25) is 23.1 Å². The van der Waals surface area contributed by atoms with E-state index in [0.717, 1.165) is 0 Å². The molecule has 0 aromatic heterocycles. The van der Waals surface area contributed by atoms with Crippen molar-refractivity contribution in [2.24, 2.45) is 0 Å². The number of unbranched alkanes of at least 4 members (excludes halogenated alkanes) is 2. The lowest BCUT2D eigenvalue weighted by molar-refractivity contribution is -0.149. The molecule has 0 aromatic carbocycles. The monoisotopic (exact) mass is 572 g/mol. The summed E-state index contributed by atoms with van der Waals surface area (Å²) in [5.74, 6) is -5.27. The number of rotatable bonds is 14. The van der Waals surface area contributed by atoms with Gasteiger partial charge in [-0.25, -0.2) is 19.2 Å². The van der Waals surface area contributed by atoms with E-state index in [1.165, 1.54) is 0 Å². The van der Waals surface area contributed by atoms with Gasteiger partial charge < -0.3 is 30.3 Å². The van der Waals surface area contributed by atoms with Gasteiger partial charge in [-0.05, 0) is 54.4 Å². The van der Waals surface area contributed by atoms with Crippen LogP contribution >= 0.6 is 0 Å². The maximum absolute atomic E-state index is 12.7. The van der Waals surface area contributed by atoms with E-state index in [9.17, 15) is 39.0 Å². The number of carboxylic acid groups (broad SMARTS) is 2. The van der Waals surface area contributed by atoms with Gasteiger partial charge in [0.15, 0.2) is 0 Å². The zero-order valence-electron chi connectivity index (χ0n) is 24.6. The molecule has 0 spiro atoms. The van der Waals surface area contributed by atoms with Crippen LogP contribution < -0.4 is 21.3 Å². The van der Waals surface area contributed by atoms with E-state index >= 15 is 0 Å². The molecule has 4 amide bonds. The zero-order chi connectivity index (χ0) is 31.4. The molecule has 14 nitrogen and oxygen atoms in total. The van der Waals surface area contributed by atoms with Crippen LogP contribution in [0.2, 0.25) is 0 Å². The number of carboxylic acids is 2. The van der Waals surface area contributed by atoms with Gasteiger partial charge in [0.05, 0.1) is 0 Å². The van der Waals surface area contributed by atoms with Crippen LogP contribution in [0, 0.1) is 0 Å². The van der Waals surface area contributed by atoms with Crippen molar-refractivity contribution in [2.45, 2.75) is 116 Å². The third-order valence-electron chi connectivity index (χ3n) is 5.03. The molecule has 0 aliphatic heterocycles. The quantitative estimate of drug-likeness (QED) is 0.132. The van der Waals surface area contributed by atoms with Crippen molar-refractivity contribution >= 4 is 35.9 Å². The zero-order valence-corrected chi connectivity index (χ0v) is 24.6. The highest BCUT2D eigenvalue weighted by Gasteiger charge is 2.43. The van der Waals surface area contributed by atoms with Crippen LogP contribution in [0.5, 0.6) is 0 Å². The van der Waals surface area contributed by atoms with Crippen LogP contribution in [0.15, 0.2) is 12.2 Å². The first-order chi connectivity index (χ1) is 18.2. The first-order valence-electron chi connectivity index (χ1n) is 13.0. The molecule has 2 atom stereocenters. The predicted octanol–water partition coefficient (Wildman–Crippen LogP) is 2.77. The maximum Gasteiger partial charge on any atom is 0.409 e. The fourth-order valence-corrected chi connectivity index (χ4v) is 3.24. The molecule has 228 valence electrons. The highest BCUT2D eigenvalue weighted by atomic mass is 16.6. The summed E-state index contributed by atoms with van der Waals surface area (Å²) in [5, 5.41) is 28.5. The minimum atomic E-state index is -2.25. The number of hydrogen-bond acceptors (Lipinski definition) is 8. The van der Waals surface area contributed by atoms with E-state index in [0.29, 0.717) is 37.8 Å². The molecule has 0 aliphatic carbocycles. The van der Waals surface area contributed by atoms with E-state index in [2.05, 4.69) is 21.3 Å². The van der Waals surface area contributed by atoms with Crippen molar-refractivity contribution in [1.82, 2.24) is 21.3 Å². The molecule has 0 bridgehead atoms. The van der Waals surface area contributed by atoms with Crippen molar-refractivity contribution in [3.63, 3.8) is 0 Å². The number of nitrogens with one attached hydrogen (secondary N) is 4. The lowest BCUT2D eigenvalue weighted by atomic mass is 10.0. The van der Waals surface area contributed by atoms with Crippen molar-refractivity contribution in [3.05, 3.63) is 12.2 Å². The summed E-state index contributed by atoms with van der Waals surface area (Å²) in [6.07, 6.45) is 0.504. The first-order valence-corrected chi connectivity index (χ1v) is 13.0. The molecule has 40 heavy (non-hydrogen) atoms. The lowest BCUT2D eigenvalue weighted by Crippen LogP contribution is -2.66. The van der Waals surface area contributed by atoms with E-state index in [-0.39, 0.29) is 12.8 Å². The van der Waals surface area contributed by atoms with Gasteiger partial charge >= 0.3 is 24.1 Å². The highest BCUT2D eigenvalue weighted by Crippen LogP contribution is 2.17. The molecule has 0 fully saturated rings. The van der Waals surface area contributed by atoms with Gasteiger partial charge in [0.1, 0.15) is 11.2 Å². The fraction of sp³-hybridized carbons (Fsp3) is 0.692. The lowest BCUT2D eigenvalue weighted by Gasteiger charge is -2.32. The Kier molecular flexibility index (Phi) is 13.6. The fourth-order valence-electron chi connectivity index (χ4n) is 3.24. The Hall–Kier alpha value is -3.84. The topological polar surface area (TPSA) is 209 Å². The Balaban J connectivity index is 5.91. The number of carbonyl (C=O) groups is 6. The molecule has 0 saturated carbocycles. The van der Waals surface area contributed by atoms with Gasteiger partial charge in [-0.2, -0.15) is 0 Å². The number of ether oxygens (including phenoxy) is 2. The summed E-state index contributed by atoms with van der Waals surface area (Å²) >= 11 is 0. The van der Waals surface area contributed by atoms with E-state index < -0.39 is 58.5 Å². The number of hydrogen-bond donors (Lipinski definition) is 6. The van der Waals surface area contributed by atoms with E-state index in [1.807, 2.05) is 0 Å². The Labute approximate surface area is 234 Å². The van der Waals surface area contributed by atoms with Gasteiger partial charge in [-0.15, -0.1) is 0 Å². The largest absolute Gasteiger partial charge is 0.478 e. The van der Waals surface area contributed by atoms with Crippen molar-refractivity contribution in [3.8, 4) is 0 Å². The Bertz CT molecular complexity index is 892. The van der Waals surface area contributed by atoms with E-state index in [4.69, 9.17) is 9.47 Å². The maximum atomic E-state index is 12.7. The Morgan fingerprint density at radius 3 is 1.12 bits per heavy atom. The smallest absolute Gasteiger partial charge is 0.409 e. The Morgan fingerprint density at radius 2 is 0.900 bits per heavy atom. The van der Waals surface area contributed by atoms with Crippen LogP contribution in [-0.4, -0.2) is 68.7 Å². The molecular weight excluding hydrogens is 528 g/mol. The van der Waals surface area contributed by atoms with Gasteiger partial charge in [-0.3, -0.25) is 20.2 Å². The van der Waals surface area contributed by atoms with Gasteiger partial charge in [0, 0.05) is 25.0 Å². The van der Waals surface area contributed by atoms with Crippen LogP contribution in [-0.2, 0) is 28.7 Å². The Morgan fingerprint density at radius 1 is 0.600 bits per heavy atom. The summed E-state index contributed by atoms with van der Waals surface area (Å²) < 4.78 is 10.3. The SMILES string of the molecule is CCCCC(NC(=O)/C=C/C(=O)NC(CCCC)(NC(=O)OC(C)(C)C)C(=O)O)(NC(=O)OC(C)(C)C)C(=O)O. The predicted molar refractivity (Wildman–Crippen MR) is 144 cm³/mol. The second kappa shape index (κ2) is 15.1. The average molecular weight is 573 g/mol. The molecule has 6 N–H and O–H groups in total. The first kappa shape index (κ1) is 36.2. The third-order valence-corrected chi connectivity index (χ3v) is 5.03. The summed E-state index contributed by atoms with van der Waals surface area (Å²) in [6.45, 7) is 13.0. The molecule has 0 aliphatic rings. The summed E-state index contributed by atoms with van der Waals surface area (Å²) in [6, 6.07) is 0. The summed E-state index contributed by atoms with van der Waals surface area (Å²) in [4.78, 5) is 74.3. The van der Waals surface area contributed by atoms with E-state index in [1.54, 1.807) is 55.4 Å². The molecule has 0 radical (unpaired) electrons. The van der Waals surface area contributed by atoms with Crippen LogP contribution in [0.3, 0.4) is 0 Å². The minimum absolute atomic E-state index is 0.192. The normalized spacial score (nSPS) is 14.7. The molecule has 14 heteroatoms. The minimum Gasteiger partial charge on any atom is -0.478 e. The van der Waals surface area contributed by atoms with Crippen LogP contribution in [0.4, 0.5) is 9.59 Å². The standard InChI is InChI=1S/C26H44N4O10/c1-9-11-15-25(19(33)34,29-21(37)39-23(3,4)5)27-17(31)13-14-18(32)28-26(20(35)36,16-12-10-2)30-22(38)40-24(6,7)8/h13-14H,9-12,15-16H2,1-8H3,(H,27,31)(H,28,32)(H,29,37)(H,30,38)(H,33,34)(H,35,36)/b14-13+. The molecule has 0 heterocycles. The second-order valence-electron chi connectivity index (χ2n) is 11.2. The third kappa shape index (κ3) is 13.3. The van der Waals surface area contributed by atoms with Gasteiger partial charge in [0.25, 0.3) is 0 Å². The average Bonchev–Trinajstić information content (AvgIpc) is 2.76. The van der Waals surface area contributed by atoms with Crippen molar-refractivity contribution < 1.29 is 48.5 Å². The summed E-state index contributed by atoms with van der Waals surface area (Å²) in [7, 11) is 0.